The number of carbonyl (C=O) groups is 1. The van der Waals surface area contributed by atoms with Crippen LogP contribution < -0.4 is 4.74 Å². The van der Waals surface area contributed by atoms with Crippen molar-refractivity contribution in [2.75, 3.05) is 7.05 Å². The minimum Gasteiger partial charge on any atom is -0.457 e. The molecule has 0 spiro atoms. The molecule has 1 aromatic heterocycles. The Morgan fingerprint density at radius 3 is 2.27 bits per heavy atom. The Kier molecular flexibility index (Phi) is 10.1. The molecule has 9 heteroatoms. The standard InChI is InChI=1S/C22H23NO3.C10H11ClN4/c1-21(2)19(22(21,3)4)20(24)26-18(14-23)15-9-8-12-17(13-15)25-16-10-6-5-7-11-16;1-8(14-7-12)15(2)6-9-3-4-10(11)13-5-9/h5-13,18-19H,1-4H3;3-5H,6H2,1-2H3/b;14-8+. The molecule has 0 saturated heterocycles. The number of rotatable bonds is 7. The van der Waals surface area contributed by atoms with Gasteiger partial charge in [0.2, 0.25) is 12.3 Å². The van der Waals surface area contributed by atoms with Crippen molar-refractivity contribution in [2.45, 2.75) is 47.3 Å². The summed E-state index contributed by atoms with van der Waals surface area (Å²) in [5.41, 5.74) is 1.38. The van der Waals surface area contributed by atoms with Gasteiger partial charge < -0.3 is 14.4 Å². The van der Waals surface area contributed by atoms with Crippen molar-refractivity contribution >= 4 is 23.4 Å². The van der Waals surface area contributed by atoms with E-state index in [2.05, 4.69) is 43.7 Å². The quantitative estimate of drug-likeness (QED) is 0.0958. The maximum Gasteiger partial charge on any atom is 0.311 e. The van der Waals surface area contributed by atoms with Gasteiger partial charge in [-0.3, -0.25) is 4.79 Å². The van der Waals surface area contributed by atoms with Gasteiger partial charge in [0.15, 0.2) is 0 Å². The Balaban J connectivity index is 0.000000263. The third-order valence-corrected chi connectivity index (χ3v) is 7.94. The fourth-order valence-corrected chi connectivity index (χ4v) is 4.66. The maximum absolute atomic E-state index is 12.6. The zero-order valence-corrected chi connectivity index (χ0v) is 24.9. The van der Waals surface area contributed by atoms with E-state index < -0.39 is 6.10 Å². The topological polar surface area (TPSA) is 112 Å². The molecule has 1 aliphatic rings. The predicted octanol–water partition coefficient (Wildman–Crippen LogP) is 7.34. The number of carbonyl (C=O) groups excluding carboxylic acids is 1. The predicted molar refractivity (Wildman–Crippen MR) is 158 cm³/mol. The number of nitriles is 2. The molecule has 1 fully saturated rings. The Labute approximate surface area is 246 Å². The summed E-state index contributed by atoms with van der Waals surface area (Å²) in [5, 5.41) is 18.4. The lowest BCUT2D eigenvalue weighted by Crippen LogP contribution is -2.23. The summed E-state index contributed by atoms with van der Waals surface area (Å²) in [6.07, 6.45) is 2.51. The normalized spacial score (nSPS) is 15.7. The number of esters is 1. The average Bonchev–Trinajstić information content (AvgIpc) is 3.37. The van der Waals surface area contributed by atoms with Crippen LogP contribution in [0.25, 0.3) is 0 Å². The van der Waals surface area contributed by atoms with E-state index >= 15 is 0 Å². The minimum absolute atomic E-state index is 0.123. The molecule has 41 heavy (non-hydrogen) atoms. The average molecular weight is 572 g/mol. The van der Waals surface area contributed by atoms with Gasteiger partial charge in [0.05, 0.1) is 5.92 Å². The van der Waals surface area contributed by atoms with E-state index in [4.69, 9.17) is 26.3 Å². The summed E-state index contributed by atoms with van der Waals surface area (Å²) in [7, 11) is 1.87. The van der Waals surface area contributed by atoms with Gasteiger partial charge in [0.25, 0.3) is 0 Å². The number of aromatic nitrogens is 1. The van der Waals surface area contributed by atoms with Crippen LogP contribution in [0.5, 0.6) is 11.5 Å². The fourth-order valence-electron chi connectivity index (χ4n) is 4.55. The molecule has 0 aliphatic heterocycles. The molecule has 0 N–H and O–H groups in total. The Hall–Kier alpha value is -4.40. The number of nitrogens with zero attached hydrogens (tertiary/aromatic N) is 5. The zero-order valence-electron chi connectivity index (χ0n) is 24.1. The van der Waals surface area contributed by atoms with Gasteiger partial charge in [-0.15, -0.1) is 0 Å². The highest BCUT2D eigenvalue weighted by Gasteiger charge is 2.69. The van der Waals surface area contributed by atoms with Gasteiger partial charge in [-0.25, -0.2) is 4.98 Å². The van der Waals surface area contributed by atoms with E-state index in [0.29, 0.717) is 34.6 Å². The summed E-state index contributed by atoms with van der Waals surface area (Å²) in [6, 6.07) is 22.2. The number of pyridine rings is 1. The smallest absolute Gasteiger partial charge is 0.311 e. The number of aliphatic imine (C=N–C) groups is 1. The van der Waals surface area contributed by atoms with Crippen molar-refractivity contribution in [1.82, 2.24) is 9.88 Å². The monoisotopic (exact) mass is 571 g/mol. The summed E-state index contributed by atoms with van der Waals surface area (Å²) in [6.45, 7) is 10.6. The summed E-state index contributed by atoms with van der Waals surface area (Å²) in [5.74, 6) is 1.46. The van der Waals surface area contributed by atoms with Crippen LogP contribution in [0.2, 0.25) is 5.15 Å². The molecular weight excluding hydrogens is 538 g/mol. The number of para-hydroxylation sites is 1. The lowest BCUT2D eigenvalue weighted by atomic mass is 10.0. The molecule has 1 saturated carbocycles. The first kappa shape index (κ1) is 31.1. The largest absolute Gasteiger partial charge is 0.457 e. The first-order valence-corrected chi connectivity index (χ1v) is 13.5. The first-order chi connectivity index (χ1) is 19.4. The second-order valence-corrected chi connectivity index (χ2v) is 11.3. The molecule has 8 nitrogen and oxygen atoms in total. The van der Waals surface area contributed by atoms with Gasteiger partial charge >= 0.3 is 5.97 Å². The first-order valence-electron chi connectivity index (χ1n) is 13.1. The lowest BCUT2D eigenvalue weighted by molar-refractivity contribution is -0.150. The summed E-state index contributed by atoms with van der Waals surface area (Å²) in [4.78, 5) is 22.0. The van der Waals surface area contributed by atoms with Gasteiger partial charge in [-0.05, 0) is 53.6 Å². The van der Waals surface area contributed by atoms with Crippen molar-refractivity contribution in [3.8, 4) is 23.8 Å². The Bertz CT molecular complexity index is 1440. The molecule has 1 heterocycles. The number of ether oxygens (including phenoxy) is 2. The molecule has 0 bridgehead atoms. The number of hydrogen-bond donors (Lipinski definition) is 0. The van der Waals surface area contributed by atoms with Crippen LogP contribution in [0.3, 0.4) is 0 Å². The number of amidine groups is 1. The van der Waals surface area contributed by atoms with Crippen LogP contribution in [0.1, 0.15) is 51.8 Å². The van der Waals surface area contributed by atoms with E-state index in [-0.39, 0.29) is 22.7 Å². The highest BCUT2D eigenvalue weighted by atomic mass is 35.5. The molecule has 0 amide bonds. The number of benzene rings is 2. The van der Waals surface area contributed by atoms with E-state index in [1.807, 2.05) is 48.3 Å². The molecule has 2 aromatic carbocycles. The minimum atomic E-state index is -0.950. The van der Waals surface area contributed by atoms with Gasteiger partial charge in [-0.2, -0.15) is 15.5 Å². The van der Waals surface area contributed by atoms with Crippen molar-refractivity contribution in [3.05, 3.63) is 89.2 Å². The van der Waals surface area contributed by atoms with Crippen LogP contribution in [0.4, 0.5) is 0 Å². The van der Waals surface area contributed by atoms with Crippen molar-refractivity contribution in [1.29, 1.82) is 10.5 Å². The molecule has 1 unspecified atom stereocenters. The molecule has 0 radical (unpaired) electrons. The van der Waals surface area contributed by atoms with Crippen LogP contribution in [-0.2, 0) is 16.1 Å². The van der Waals surface area contributed by atoms with Crippen molar-refractivity contribution in [2.24, 2.45) is 21.7 Å². The highest BCUT2D eigenvalue weighted by molar-refractivity contribution is 6.29. The maximum atomic E-state index is 12.6. The molecule has 1 aliphatic carbocycles. The van der Waals surface area contributed by atoms with E-state index in [1.165, 1.54) is 0 Å². The Morgan fingerprint density at radius 1 is 1.05 bits per heavy atom. The van der Waals surface area contributed by atoms with Crippen LogP contribution in [0.15, 0.2) is 77.9 Å². The van der Waals surface area contributed by atoms with Crippen molar-refractivity contribution < 1.29 is 14.3 Å². The van der Waals surface area contributed by atoms with E-state index in [9.17, 15) is 10.1 Å². The van der Waals surface area contributed by atoms with Crippen LogP contribution >= 0.6 is 11.6 Å². The molecule has 1 atom stereocenters. The second-order valence-electron chi connectivity index (χ2n) is 10.9. The fraction of sp³-hybridized carbons (Fsp3) is 0.344. The van der Waals surface area contributed by atoms with Gasteiger partial charge in [0.1, 0.15) is 28.6 Å². The second kappa shape index (κ2) is 13.3. The van der Waals surface area contributed by atoms with Crippen molar-refractivity contribution in [3.63, 3.8) is 0 Å². The van der Waals surface area contributed by atoms with Gasteiger partial charge in [-0.1, -0.05) is 75.7 Å². The molecule has 212 valence electrons. The summed E-state index contributed by atoms with van der Waals surface area (Å²) >= 11 is 5.67. The van der Waals surface area contributed by atoms with Crippen LogP contribution in [0, 0.1) is 39.5 Å². The zero-order chi connectivity index (χ0) is 30.2. The lowest BCUT2D eigenvalue weighted by Gasteiger charge is -2.17. The molecule has 3 aromatic rings. The van der Waals surface area contributed by atoms with Gasteiger partial charge in [0, 0.05) is 25.4 Å². The van der Waals surface area contributed by atoms with E-state index in [0.717, 1.165) is 5.56 Å². The van der Waals surface area contributed by atoms with Crippen LogP contribution in [-0.4, -0.2) is 28.7 Å². The number of halogens is 1. The molecule has 4 rings (SSSR count). The molecular formula is C32H34ClN5O3. The van der Waals surface area contributed by atoms with E-state index in [1.54, 1.807) is 49.6 Å². The summed E-state index contributed by atoms with van der Waals surface area (Å²) < 4.78 is 11.3. The number of hydrogen-bond acceptors (Lipinski definition) is 7. The highest BCUT2D eigenvalue weighted by Crippen LogP contribution is 2.68. The Morgan fingerprint density at radius 2 is 1.71 bits per heavy atom. The third kappa shape index (κ3) is 7.84. The third-order valence-electron chi connectivity index (χ3n) is 7.72. The SMILES string of the molecule is C/C(=N\C#N)N(C)Cc1ccc(Cl)nc1.CC1(C)C(C(=O)OC(C#N)c2cccc(Oc3ccccc3)c2)C1(C)C.